The Morgan fingerprint density at radius 2 is 2.18 bits per heavy atom. The molecule has 6 heteroatoms. The van der Waals surface area contributed by atoms with Gasteiger partial charge in [-0.3, -0.25) is 4.90 Å². The van der Waals surface area contributed by atoms with Gasteiger partial charge in [-0.25, -0.2) is 0 Å². The zero-order valence-corrected chi connectivity index (χ0v) is 12.0. The predicted molar refractivity (Wildman–Crippen MR) is 76.0 cm³/mol. The van der Waals surface area contributed by atoms with Crippen molar-refractivity contribution in [3.8, 4) is 0 Å². The Bertz CT molecular complexity index is 267. The van der Waals surface area contributed by atoms with Gasteiger partial charge in [-0.15, -0.1) is 0 Å². The first-order valence-corrected chi connectivity index (χ1v) is 7.91. The van der Waals surface area contributed by atoms with Crippen molar-refractivity contribution in [1.82, 2.24) is 4.90 Å². The Morgan fingerprint density at radius 1 is 1.47 bits per heavy atom. The van der Waals surface area contributed by atoms with Crippen LogP contribution in [0.15, 0.2) is 36.5 Å². The zero-order chi connectivity index (χ0) is 13.1. The van der Waals surface area contributed by atoms with E-state index < -0.39 is 8.38 Å². The molecule has 0 aromatic heterocycles. The van der Waals surface area contributed by atoms with Crippen molar-refractivity contribution in [2.24, 2.45) is 0 Å². The van der Waals surface area contributed by atoms with Crippen molar-refractivity contribution < 1.29 is 14.7 Å². The lowest BCUT2D eigenvalue weighted by molar-refractivity contribution is 0.343. The van der Waals surface area contributed by atoms with Gasteiger partial charge in [-0.2, -0.15) is 0 Å². The molecule has 0 aliphatic carbocycles. The summed E-state index contributed by atoms with van der Waals surface area (Å²) in [6, 6.07) is 0. The molecule has 3 N–H and O–H groups in total. The molecule has 0 radical (unpaired) electrons. The minimum Gasteiger partial charge on any atom is -0.376 e. The summed E-state index contributed by atoms with van der Waals surface area (Å²) in [5, 5.41) is 0. The fourth-order valence-electron chi connectivity index (χ4n) is 1.35. The summed E-state index contributed by atoms with van der Waals surface area (Å²) in [5.74, 6) is 0. The second-order valence-electron chi connectivity index (χ2n) is 3.45. The quantitative estimate of drug-likeness (QED) is 0.446. The van der Waals surface area contributed by atoms with E-state index in [4.69, 9.17) is 14.7 Å². The molecule has 1 unspecified atom stereocenters. The van der Waals surface area contributed by atoms with Crippen molar-refractivity contribution in [2.75, 3.05) is 19.1 Å². The first kappa shape index (κ1) is 16.9. The molecule has 4 nitrogen and oxygen atoms in total. The number of hydrogen-bond donors (Lipinski definition) is 3. The van der Waals surface area contributed by atoms with Gasteiger partial charge in [0.2, 0.25) is 0 Å². The van der Waals surface area contributed by atoms with E-state index >= 15 is 0 Å². The molecule has 0 aromatic carbocycles. The van der Waals surface area contributed by atoms with Crippen LogP contribution in [0.3, 0.4) is 0 Å². The lowest BCUT2D eigenvalue weighted by Gasteiger charge is -2.21. The fraction of sp³-hybridized carbons (Fsp3) is 0.455. The van der Waals surface area contributed by atoms with Crippen LogP contribution >= 0.6 is 17.2 Å². The molecular formula is C11H21NO3P2. The van der Waals surface area contributed by atoms with Gasteiger partial charge in [0, 0.05) is 21.6 Å². The maximum absolute atomic E-state index is 8.98. The summed E-state index contributed by atoms with van der Waals surface area (Å²) in [7, 11) is -2.14. The largest absolute Gasteiger partial charge is 0.376 e. The second-order valence-corrected chi connectivity index (χ2v) is 5.11. The van der Waals surface area contributed by atoms with E-state index in [2.05, 4.69) is 6.58 Å². The topological polar surface area (TPSA) is 63.9 Å². The average molecular weight is 277 g/mol. The molecule has 17 heavy (non-hydrogen) atoms. The van der Waals surface area contributed by atoms with E-state index in [0.29, 0.717) is 12.8 Å². The van der Waals surface area contributed by atoms with Crippen molar-refractivity contribution in [2.45, 2.75) is 13.3 Å². The Kier molecular flexibility index (Phi) is 11.0. The summed E-state index contributed by atoms with van der Waals surface area (Å²) in [5.41, 5.74) is 1.13. The Balaban J connectivity index is 4.25. The van der Waals surface area contributed by atoms with E-state index in [9.17, 15) is 0 Å². The van der Waals surface area contributed by atoms with Gasteiger partial charge in [0.1, 0.15) is 0 Å². The highest BCUT2D eigenvalue weighted by atomic mass is 31.2. The molecule has 0 heterocycles. The summed E-state index contributed by atoms with van der Waals surface area (Å²) >= 11 is 0. The van der Waals surface area contributed by atoms with E-state index in [0.717, 1.165) is 12.0 Å². The third-order valence-corrected chi connectivity index (χ3v) is 3.29. The molecule has 0 spiro atoms. The monoisotopic (exact) mass is 277 g/mol. The number of nitrogens with zero attached hydrogens (tertiary/aromatic N) is 1. The van der Waals surface area contributed by atoms with Crippen LogP contribution in [-0.4, -0.2) is 38.7 Å². The Labute approximate surface area is 106 Å². The SMILES string of the molecule is C=C/C=C(\C=C/C)CCN(CPO)CP(O)O. The molecule has 98 valence electrons. The van der Waals surface area contributed by atoms with Crippen molar-refractivity contribution in [3.63, 3.8) is 0 Å². The lowest BCUT2D eigenvalue weighted by atomic mass is 10.1. The van der Waals surface area contributed by atoms with Crippen LogP contribution < -0.4 is 0 Å². The molecule has 0 aromatic rings. The van der Waals surface area contributed by atoms with E-state index in [1.54, 1.807) is 6.08 Å². The van der Waals surface area contributed by atoms with Gasteiger partial charge in [0.25, 0.3) is 0 Å². The van der Waals surface area contributed by atoms with Gasteiger partial charge in [0.15, 0.2) is 8.38 Å². The number of rotatable bonds is 9. The minimum atomic E-state index is -1.94. The van der Waals surface area contributed by atoms with E-state index in [1.165, 1.54) is 0 Å². The third kappa shape index (κ3) is 9.61. The maximum atomic E-state index is 8.98. The molecule has 1 atom stereocenters. The molecule has 0 aliphatic heterocycles. The number of allylic oxidation sites excluding steroid dienone is 4. The van der Waals surface area contributed by atoms with E-state index in [1.807, 2.05) is 30.1 Å². The molecule has 0 fully saturated rings. The van der Waals surface area contributed by atoms with Crippen LogP contribution in [0.25, 0.3) is 0 Å². The maximum Gasteiger partial charge on any atom is 0.180 e. The van der Waals surface area contributed by atoms with Crippen molar-refractivity contribution >= 4 is 17.2 Å². The van der Waals surface area contributed by atoms with E-state index in [-0.39, 0.29) is 15.1 Å². The van der Waals surface area contributed by atoms with Crippen LogP contribution in [0, 0.1) is 0 Å². The summed E-state index contributed by atoms with van der Waals surface area (Å²) in [6.07, 6.45) is 9.13. The van der Waals surface area contributed by atoms with Crippen LogP contribution in [0.5, 0.6) is 0 Å². The molecule has 0 rings (SSSR count). The predicted octanol–water partition coefficient (Wildman–Crippen LogP) is 2.16. The standard InChI is InChI=1S/C11H21NO3P2/c1-3-5-11(6-4-2)7-8-12(9-16-13)10-17(14)15/h3-6,13-16H,1,7-10H2,2H3/b6-4-,11-5+. The van der Waals surface area contributed by atoms with Gasteiger partial charge >= 0.3 is 0 Å². The molecule has 0 amide bonds. The van der Waals surface area contributed by atoms with Gasteiger partial charge in [-0.05, 0) is 18.9 Å². The van der Waals surface area contributed by atoms with Gasteiger partial charge < -0.3 is 14.7 Å². The highest BCUT2D eigenvalue weighted by Crippen LogP contribution is 2.26. The molecule has 0 saturated heterocycles. The lowest BCUT2D eigenvalue weighted by Crippen LogP contribution is -2.24. The van der Waals surface area contributed by atoms with Gasteiger partial charge in [0.05, 0.1) is 6.29 Å². The first-order chi connectivity index (χ1) is 8.13. The average Bonchev–Trinajstić information content (AvgIpc) is 2.26. The summed E-state index contributed by atoms with van der Waals surface area (Å²) in [6.45, 7) is 6.30. The van der Waals surface area contributed by atoms with Crippen molar-refractivity contribution in [1.29, 1.82) is 0 Å². The van der Waals surface area contributed by atoms with Crippen LogP contribution in [0.2, 0.25) is 0 Å². The highest BCUT2D eigenvalue weighted by molar-refractivity contribution is 7.45. The minimum absolute atomic E-state index is 0.201. The third-order valence-electron chi connectivity index (χ3n) is 2.05. The zero-order valence-electron chi connectivity index (χ0n) is 10.1. The second kappa shape index (κ2) is 11.0. The Morgan fingerprint density at radius 3 is 2.65 bits per heavy atom. The molecule has 0 saturated carbocycles. The molecule has 0 aliphatic rings. The van der Waals surface area contributed by atoms with Crippen LogP contribution in [-0.2, 0) is 0 Å². The number of hydrogen-bond acceptors (Lipinski definition) is 4. The van der Waals surface area contributed by atoms with Crippen molar-refractivity contribution in [3.05, 3.63) is 36.5 Å². The summed E-state index contributed by atoms with van der Waals surface area (Å²) in [4.78, 5) is 28.7. The molecule has 0 bridgehead atoms. The van der Waals surface area contributed by atoms with Gasteiger partial charge in [-0.1, -0.05) is 30.9 Å². The van der Waals surface area contributed by atoms with Crippen LogP contribution in [0.4, 0.5) is 0 Å². The normalized spacial score (nSPS) is 13.6. The van der Waals surface area contributed by atoms with Crippen LogP contribution in [0.1, 0.15) is 13.3 Å². The Hall–Kier alpha value is -0.0800. The highest BCUT2D eigenvalue weighted by Gasteiger charge is 2.09. The smallest absolute Gasteiger partial charge is 0.180 e. The summed E-state index contributed by atoms with van der Waals surface area (Å²) < 4.78 is 0. The fourth-order valence-corrected chi connectivity index (χ4v) is 2.61. The molecular weight excluding hydrogens is 256 g/mol. The first-order valence-electron chi connectivity index (χ1n) is 5.33.